The Hall–Kier alpha value is -2.43. The zero-order valence-corrected chi connectivity index (χ0v) is 11.5. The maximum absolute atomic E-state index is 11.8. The normalized spacial score (nSPS) is 14.5. The summed E-state index contributed by atoms with van der Waals surface area (Å²) in [5, 5.41) is 0. The number of nitrogens with zero attached hydrogens (tertiary/aromatic N) is 3. The Kier molecular flexibility index (Phi) is 3.10. The first-order chi connectivity index (χ1) is 9.66. The molecule has 5 heteroatoms. The zero-order valence-electron chi connectivity index (χ0n) is 11.5. The van der Waals surface area contributed by atoms with Gasteiger partial charge in [-0.25, -0.2) is 14.8 Å². The fraction of sp³-hybridized carbons (Fsp3) is 0.267. The van der Waals surface area contributed by atoms with Crippen molar-refractivity contribution < 1.29 is 9.53 Å². The van der Waals surface area contributed by atoms with E-state index < -0.39 is 0 Å². The summed E-state index contributed by atoms with van der Waals surface area (Å²) in [4.78, 5) is 22.3. The molecule has 1 saturated heterocycles. The van der Waals surface area contributed by atoms with Crippen LogP contribution in [0, 0.1) is 13.8 Å². The van der Waals surface area contributed by atoms with Gasteiger partial charge in [-0.1, -0.05) is 30.3 Å². The van der Waals surface area contributed by atoms with E-state index in [-0.39, 0.29) is 6.09 Å². The van der Waals surface area contributed by atoms with Gasteiger partial charge in [0.05, 0.1) is 12.2 Å². The van der Waals surface area contributed by atoms with Crippen molar-refractivity contribution in [1.82, 2.24) is 9.97 Å². The monoisotopic (exact) mass is 269 g/mol. The van der Waals surface area contributed by atoms with Gasteiger partial charge in [0.2, 0.25) is 0 Å². The Balaban J connectivity index is 2.20. The van der Waals surface area contributed by atoms with Crippen molar-refractivity contribution in [1.29, 1.82) is 0 Å². The molecule has 20 heavy (non-hydrogen) atoms. The van der Waals surface area contributed by atoms with Gasteiger partial charge in [-0.2, -0.15) is 0 Å². The number of carbonyl (C=O) groups is 1. The molecule has 3 rings (SSSR count). The minimum Gasteiger partial charge on any atom is -0.447 e. The standard InChI is InChI=1S/C15H15N3O2/c1-10-13(12-6-4-3-5-7-12)14(17-11(2)16-10)18-8-9-20-15(18)19/h3-7H,8-9H2,1-2H3. The Morgan fingerprint density at radius 2 is 1.90 bits per heavy atom. The second-order valence-electron chi connectivity index (χ2n) is 4.69. The van der Waals surface area contributed by atoms with Gasteiger partial charge in [0.25, 0.3) is 0 Å². The van der Waals surface area contributed by atoms with Crippen molar-refractivity contribution in [2.24, 2.45) is 0 Å². The molecule has 1 aromatic heterocycles. The number of anilines is 1. The Morgan fingerprint density at radius 3 is 2.55 bits per heavy atom. The Morgan fingerprint density at radius 1 is 1.15 bits per heavy atom. The molecule has 5 nitrogen and oxygen atoms in total. The van der Waals surface area contributed by atoms with E-state index in [1.165, 1.54) is 0 Å². The smallest absolute Gasteiger partial charge is 0.415 e. The molecule has 1 aromatic carbocycles. The van der Waals surface area contributed by atoms with Gasteiger partial charge in [0.15, 0.2) is 0 Å². The lowest BCUT2D eigenvalue weighted by Crippen LogP contribution is -2.26. The third-order valence-electron chi connectivity index (χ3n) is 3.26. The van der Waals surface area contributed by atoms with Crippen molar-refractivity contribution in [2.45, 2.75) is 13.8 Å². The topological polar surface area (TPSA) is 55.3 Å². The lowest BCUT2D eigenvalue weighted by atomic mass is 10.0. The minimum absolute atomic E-state index is 0.348. The molecule has 0 radical (unpaired) electrons. The summed E-state index contributed by atoms with van der Waals surface area (Å²) >= 11 is 0. The lowest BCUT2D eigenvalue weighted by molar-refractivity contribution is 0.181. The maximum Gasteiger partial charge on any atom is 0.415 e. The number of carbonyl (C=O) groups excluding carboxylic acids is 1. The molecule has 0 aliphatic carbocycles. The van der Waals surface area contributed by atoms with E-state index in [0.29, 0.717) is 24.8 Å². The first kappa shape index (κ1) is 12.6. The van der Waals surface area contributed by atoms with Crippen LogP contribution in [-0.4, -0.2) is 29.2 Å². The van der Waals surface area contributed by atoms with Crippen molar-refractivity contribution in [3.05, 3.63) is 41.9 Å². The third kappa shape index (κ3) is 2.11. The summed E-state index contributed by atoms with van der Waals surface area (Å²) in [5.41, 5.74) is 2.74. The molecule has 2 aromatic rings. The largest absolute Gasteiger partial charge is 0.447 e. The van der Waals surface area contributed by atoms with Gasteiger partial charge in [-0.15, -0.1) is 0 Å². The molecule has 102 valence electrons. The molecule has 0 unspecified atom stereocenters. The van der Waals surface area contributed by atoms with Crippen LogP contribution < -0.4 is 4.90 Å². The molecule has 0 N–H and O–H groups in total. The molecule has 1 aliphatic rings. The van der Waals surface area contributed by atoms with Gasteiger partial charge >= 0.3 is 6.09 Å². The summed E-state index contributed by atoms with van der Waals surface area (Å²) in [6.07, 6.45) is -0.348. The average molecular weight is 269 g/mol. The van der Waals surface area contributed by atoms with Gasteiger partial charge in [0.1, 0.15) is 18.2 Å². The van der Waals surface area contributed by atoms with Crippen LogP contribution in [0.1, 0.15) is 11.5 Å². The molecule has 0 atom stereocenters. The SMILES string of the molecule is Cc1nc(C)c(-c2ccccc2)c(N2CCOC2=O)n1. The van der Waals surface area contributed by atoms with E-state index in [9.17, 15) is 4.79 Å². The summed E-state index contributed by atoms with van der Waals surface area (Å²) in [7, 11) is 0. The van der Waals surface area contributed by atoms with E-state index in [4.69, 9.17) is 4.74 Å². The van der Waals surface area contributed by atoms with E-state index in [1.807, 2.05) is 44.2 Å². The molecule has 1 aliphatic heterocycles. The molecule has 0 spiro atoms. The summed E-state index contributed by atoms with van der Waals surface area (Å²) in [6, 6.07) is 9.86. The van der Waals surface area contributed by atoms with Crippen molar-refractivity contribution in [3.63, 3.8) is 0 Å². The highest BCUT2D eigenvalue weighted by Gasteiger charge is 2.28. The predicted octanol–water partition coefficient (Wildman–Crippen LogP) is 2.72. The second-order valence-corrected chi connectivity index (χ2v) is 4.69. The number of hydrogen-bond acceptors (Lipinski definition) is 4. The number of benzene rings is 1. The molecular weight excluding hydrogens is 254 g/mol. The van der Waals surface area contributed by atoms with E-state index in [2.05, 4.69) is 9.97 Å². The van der Waals surface area contributed by atoms with Crippen LogP contribution in [-0.2, 0) is 4.74 Å². The van der Waals surface area contributed by atoms with Crippen LogP contribution >= 0.6 is 0 Å². The van der Waals surface area contributed by atoms with Gasteiger partial charge in [-0.05, 0) is 19.4 Å². The summed E-state index contributed by atoms with van der Waals surface area (Å²) in [6.45, 7) is 4.68. The van der Waals surface area contributed by atoms with Crippen LogP contribution in [0.2, 0.25) is 0 Å². The van der Waals surface area contributed by atoms with Crippen LogP contribution in [0.5, 0.6) is 0 Å². The highest BCUT2D eigenvalue weighted by atomic mass is 16.6. The molecule has 2 heterocycles. The lowest BCUT2D eigenvalue weighted by Gasteiger charge is -2.18. The first-order valence-corrected chi connectivity index (χ1v) is 6.52. The number of ether oxygens (including phenoxy) is 1. The fourth-order valence-electron chi connectivity index (χ4n) is 2.42. The number of amides is 1. The Bertz CT molecular complexity index is 656. The number of rotatable bonds is 2. The van der Waals surface area contributed by atoms with Crippen molar-refractivity contribution in [3.8, 4) is 11.1 Å². The summed E-state index contributed by atoms with van der Waals surface area (Å²) < 4.78 is 5.02. The number of cyclic esters (lactones) is 1. The van der Waals surface area contributed by atoms with Gasteiger partial charge < -0.3 is 4.74 Å². The third-order valence-corrected chi connectivity index (χ3v) is 3.26. The van der Waals surface area contributed by atoms with E-state index in [1.54, 1.807) is 4.90 Å². The quantitative estimate of drug-likeness (QED) is 0.841. The van der Waals surface area contributed by atoms with Crippen LogP contribution in [0.25, 0.3) is 11.1 Å². The number of hydrogen-bond donors (Lipinski definition) is 0. The molecule has 0 saturated carbocycles. The average Bonchev–Trinajstić information content (AvgIpc) is 2.85. The van der Waals surface area contributed by atoms with E-state index in [0.717, 1.165) is 16.8 Å². The van der Waals surface area contributed by atoms with Crippen LogP contribution in [0.4, 0.5) is 10.6 Å². The molecule has 0 bridgehead atoms. The highest BCUT2D eigenvalue weighted by Crippen LogP contribution is 2.32. The van der Waals surface area contributed by atoms with Crippen LogP contribution in [0.15, 0.2) is 30.3 Å². The van der Waals surface area contributed by atoms with Crippen LogP contribution in [0.3, 0.4) is 0 Å². The second kappa shape index (κ2) is 4.92. The predicted molar refractivity (Wildman–Crippen MR) is 75.6 cm³/mol. The van der Waals surface area contributed by atoms with Gasteiger partial charge in [0, 0.05) is 5.56 Å². The van der Waals surface area contributed by atoms with E-state index >= 15 is 0 Å². The zero-order chi connectivity index (χ0) is 14.1. The maximum atomic E-state index is 11.8. The number of aromatic nitrogens is 2. The summed E-state index contributed by atoms with van der Waals surface area (Å²) in [5.74, 6) is 1.28. The first-order valence-electron chi connectivity index (χ1n) is 6.52. The van der Waals surface area contributed by atoms with Gasteiger partial charge in [-0.3, -0.25) is 4.90 Å². The fourth-order valence-corrected chi connectivity index (χ4v) is 2.42. The molecule has 1 amide bonds. The number of aryl methyl sites for hydroxylation is 2. The highest BCUT2D eigenvalue weighted by molar-refractivity contribution is 5.93. The van der Waals surface area contributed by atoms with Crippen molar-refractivity contribution >= 4 is 11.9 Å². The van der Waals surface area contributed by atoms with Crippen molar-refractivity contribution in [2.75, 3.05) is 18.1 Å². The molecular formula is C15H15N3O2. The molecule has 1 fully saturated rings. The Labute approximate surface area is 117 Å². The minimum atomic E-state index is -0.348.